The van der Waals surface area contributed by atoms with E-state index in [2.05, 4.69) is 25.0 Å². The lowest BCUT2D eigenvalue weighted by molar-refractivity contribution is -0.275. The van der Waals surface area contributed by atoms with Crippen molar-refractivity contribution in [2.24, 2.45) is 0 Å². The average molecular weight is 665 g/mol. The number of halogens is 6. The van der Waals surface area contributed by atoms with E-state index >= 15 is 0 Å². The van der Waals surface area contributed by atoms with E-state index < -0.39 is 18.4 Å². The Morgan fingerprint density at radius 1 is 0.933 bits per heavy atom. The van der Waals surface area contributed by atoms with Crippen molar-refractivity contribution in [2.75, 3.05) is 44.7 Å². The predicted octanol–water partition coefficient (Wildman–Crippen LogP) is 5.91. The number of nitrogens with zero attached hydrogens (tertiary/aromatic N) is 2. The zero-order valence-corrected chi connectivity index (χ0v) is 25.2. The molecule has 3 aliphatic rings. The average Bonchev–Trinajstić information content (AvgIpc) is 3.63. The number of nitrogens with one attached hydrogen (secondary N) is 2. The highest BCUT2D eigenvalue weighted by molar-refractivity contribution is 7.80. The van der Waals surface area contributed by atoms with Gasteiger partial charge >= 0.3 is 12.7 Å². The molecule has 2 N–H and O–H groups in total. The van der Waals surface area contributed by atoms with E-state index in [0.717, 1.165) is 13.1 Å². The Morgan fingerprint density at radius 2 is 1.60 bits per heavy atom. The van der Waals surface area contributed by atoms with Gasteiger partial charge in [-0.05, 0) is 75.2 Å². The molecule has 0 aromatic heterocycles. The number of hydrogen-bond donors (Lipinski definition) is 2. The number of rotatable bonds is 10. The Balaban J connectivity index is 1.16. The minimum atomic E-state index is -4.85. The van der Waals surface area contributed by atoms with Crippen molar-refractivity contribution in [2.45, 2.75) is 63.2 Å². The molecule has 5 rings (SSSR count). The van der Waals surface area contributed by atoms with Gasteiger partial charge in [0.1, 0.15) is 17.2 Å². The van der Waals surface area contributed by atoms with Crippen LogP contribution in [0.2, 0.25) is 0 Å². The Morgan fingerprint density at radius 3 is 2.27 bits per heavy atom. The molecule has 1 saturated carbocycles. The summed E-state index contributed by atoms with van der Waals surface area (Å²) in [7, 11) is 0. The first-order valence-electron chi connectivity index (χ1n) is 14.5. The zero-order valence-electron chi connectivity index (χ0n) is 24.4. The molecule has 2 unspecified atom stereocenters. The van der Waals surface area contributed by atoms with E-state index in [9.17, 15) is 26.3 Å². The summed E-state index contributed by atoms with van der Waals surface area (Å²) in [6, 6.07) is 9.37. The van der Waals surface area contributed by atoms with Crippen molar-refractivity contribution in [3.8, 4) is 17.2 Å². The van der Waals surface area contributed by atoms with Gasteiger partial charge in [-0.2, -0.15) is 0 Å². The van der Waals surface area contributed by atoms with Crippen molar-refractivity contribution in [3.63, 3.8) is 0 Å². The lowest BCUT2D eigenvalue weighted by Crippen LogP contribution is -2.41. The summed E-state index contributed by atoms with van der Waals surface area (Å²) in [5.41, 5.74) is -0.203. The molecule has 9 nitrogen and oxygen atoms in total. The fourth-order valence-corrected chi connectivity index (χ4v) is 5.78. The second kappa shape index (κ2) is 13.7. The number of alkyl halides is 6. The molecule has 0 amide bonds. The number of hydrogen-bond acceptors (Lipinski definition) is 8. The fraction of sp³-hybridized carbons (Fsp3) is 0.552. The number of anilines is 1. The number of thiocarbonyl (C=S) groups is 1. The second-order valence-electron chi connectivity index (χ2n) is 11.1. The highest BCUT2D eigenvalue weighted by Crippen LogP contribution is 2.49. The molecule has 2 aromatic carbocycles. The van der Waals surface area contributed by atoms with Gasteiger partial charge in [0.15, 0.2) is 10.8 Å². The Hall–Kier alpha value is -3.05. The Kier molecular flexibility index (Phi) is 10.2. The number of ether oxygens (including phenoxy) is 4. The van der Waals surface area contributed by atoms with E-state index in [1.165, 1.54) is 36.4 Å². The summed E-state index contributed by atoms with van der Waals surface area (Å²) < 4.78 is 96.5. The molecular weight excluding hydrogens is 630 g/mol. The Bertz CT molecular complexity index is 1320. The van der Waals surface area contributed by atoms with Gasteiger partial charge < -0.3 is 29.6 Å². The number of hydroxylamine groups is 2. The van der Waals surface area contributed by atoms with Gasteiger partial charge in [0.2, 0.25) is 0 Å². The normalized spacial score (nSPS) is 25.7. The molecule has 0 bridgehead atoms. The maximum Gasteiger partial charge on any atom is 0.573 e. The van der Waals surface area contributed by atoms with Crippen LogP contribution in [0.15, 0.2) is 42.5 Å². The molecule has 2 atom stereocenters. The summed E-state index contributed by atoms with van der Waals surface area (Å²) in [4.78, 5) is 8.14. The fourth-order valence-electron chi connectivity index (χ4n) is 5.49. The van der Waals surface area contributed by atoms with Crippen LogP contribution in [0.5, 0.6) is 17.2 Å². The van der Waals surface area contributed by atoms with Crippen LogP contribution in [0.1, 0.15) is 38.2 Å². The van der Waals surface area contributed by atoms with Crippen LogP contribution in [-0.2, 0) is 15.3 Å². The van der Waals surface area contributed by atoms with Crippen molar-refractivity contribution >= 4 is 23.0 Å². The highest BCUT2D eigenvalue weighted by Gasteiger charge is 2.54. The van der Waals surface area contributed by atoms with Gasteiger partial charge in [-0.1, -0.05) is 6.07 Å². The highest BCUT2D eigenvalue weighted by atomic mass is 32.1. The van der Waals surface area contributed by atoms with Crippen LogP contribution >= 0.6 is 12.2 Å². The maximum atomic E-state index is 13.0. The van der Waals surface area contributed by atoms with Crippen LogP contribution in [-0.4, -0.2) is 79.3 Å². The first-order valence-corrected chi connectivity index (χ1v) is 14.9. The summed E-state index contributed by atoms with van der Waals surface area (Å²) in [6.45, 7) is 5.96. The lowest BCUT2D eigenvalue weighted by Gasteiger charge is -2.31. The van der Waals surface area contributed by atoms with Gasteiger partial charge in [-0.15, -0.1) is 31.4 Å². The van der Waals surface area contributed by atoms with Crippen molar-refractivity contribution < 1.29 is 50.1 Å². The third kappa shape index (κ3) is 9.72. The molecular formula is C29H34F6N4O5S. The molecule has 2 heterocycles. The first-order chi connectivity index (χ1) is 21.3. The third-order valence-corrected chi connectivity index (χ3v) is 7.99. The monoisotopic (exact) mass is 664 g/mol. The van der Waals surface area contributed by atoms with Gasteiger partial charge in [-0.3, -0.25) is 9.74 Å². The number of morpholine rings is 1. The number of benzene rings is 2. The molecule has 2 aromatic rings. The largest absolute Gasteiger partial charge is 0.573 e. The first kappa shape index (κ1) is 33.3. The molecule has 3 fully saturated rings. The third-order valence-electron chi connectivity index (χ3n) is 7.77. The van der Waals surface area contributed by atoms with Gasteiger partial charge in [0.25, 0.3) is 0 Å². The summed E-state index contributed by atoms with van der Waals surface area (Å²) in [5.74, 6) is -0.314. The van der Waals surface area contributed by atoms with E-state index in [0.29, 0.717) is 69.0 Å². The van der Waals surface area contributed by atoms with Crippen molar-refractivity contribution in [3.05, 3.63) is 48.0 Å². The quantitative estimate of drug-likeness (QED) is 0.182. The van der Waals surface area contributed by atoms with Gasteiger partial charge in [0.05, 0.1) is 19.3 Å². The molecule has 2 saturated heterocycles. The molecule has 1 aliphatic carbocycles. The summed E-state index contributed by atoms with van der Waals surface area (Å²) >= 11 is 5.36. The van der Waals surface area contributed by atoms with Crippen molar-refractivity contribution in [1.29, 1.82) is 0 Å². The smallest absolute Gasteiger partial charge is 0.490 e. The summed E-state index contributed by atoms with van der Waals surface area (Å²) in [5, 5.41) is 8.03. The van der Waals surface area contributed by atoms with Crippen LogP contribution in [0.25, 0.3) is 0 Å². The van der Waals surface area contributed by atoms with E-state index in [1.54, 1.807) is 18.1 Å². The zero-order chi connectivity index (χ0) is 32.2. The van der Waals surface area contributed by atoms with Crippen LogP contribution in [0.4, 0.5) is 32.0 Å². The van der Waals surface area contributed by atoms with E-state index in [4.69, 9.17) is 26.5 Å². The van der Waals surface area contributed by atoms with Crippen molar-refractivity contribution in [1.82, 2.24) is 15.3 Å². The minimum Gasteiger partial charge on any atom is -0.490 e. The van der Waals surface area contributed by atoms with Crippen LogP contribution in [0.3, 0.4) is 0 Å². The van der Waals surface area contributed by atoms with Crippen LogP contribution < -0.4 is 24.8 Å². The summed E-state index contributed by atoms with van der Waals surface area (Å²) in [6.07, 6.45) is -7.24. The van der Waals surface area contributed by atoms with Crippen LogP contribution in [0, 0.1) is 0 Å². The predicted molar refractivity (Wildman–Crippen MR) is 155 cm³/mol. The van der Waals surface area contributed by atoms with Gasteiger partial charge in [0, 0.05) is 49.5 Å². The van der Waals surface area contributed by atoms with Gasteiger partial charge in [-0.25, -0.2) is 0 Å². The molecule has 248 valence electrons. The molecule has 45 heavy (non-hydrogen) atoms. The second-order valence-corrected chi connectivity index (χ2v) is 11.5. The minimum absolute atomic E-state index is 0.0125. The Labute approximate surface area is 261 Å². The topological polar surface area (TPSA) is 79.8 Å². The molecule has 16 heteroatoms. The SMILES string of the molecule is CC1(c2cc(OC(F)(F)F)ccc2OC2CCC(NC(=S)Nc3cccc(OC(F)(F)F)c3)CC2)ON1CCN1CCOCC1. The van der Waals surface area contributed by atoms with E-state index in [1.807, 2.05) is 0 Å². The lowest BCUT2D eigenvalue weighted by atomic mass is 9.93. The van der Waals surface area contributed by atoms with E-state index in [-0.39, 0.29) is 28.8 Å². The molecule has 2 aliphatic heterocycles. The maximum absolute atomic E-state index is 13.0. The molecule has 0 radical (unpaired) electrons. The standard InChI is InChI=1S/C29H34F6N4O5S/c1-27(39(44-27)12-11-38-13-15-40-16-14-38)24-18-23(43-29(33,34)35)9-10-25(24)41-21-7-5-19(6-8-21)36-26(45)37-20-3-2-4-22(17-20)42-28(30,31)32/h2-4,9-10,17-19,21H,5-8,11-16H2,1H3,(H2,36,37,45). The molecule has 0 spiro atoms.